The van der Waals surface area contributed by atoms with E-state index in [1.165, 1.54) is 11.3 Å². The highest BCUT2D eigenvalue weighted by Gasteiger charge is 2.42. The van der Waals surface area contributed by atoms with Crippen molar-refractivity contribution in [1.29, 1.82) is 5.41 Å². The predicted molar refractivity (Wildman–Crippen MR) is 157 cm³/mol. The average Bonchev–Trinajstić information content (AvgIpc) is 3.63. The van der Waals surface area contributed by atoms with Gasteiger partial charge in [0.2, 0.25) is 11.8 Å². The minimum Gasteiger partial charge on any atom is -0.457 e. The highest BCUT2D eigenvalue weighted by atomic mass is 32.1. The maximum Gasteiger partial charge on any atom is 0.345 e. The fourth-order valence-electron chi connectivity index (χ4n) is 4.70. The fourth-order valence-corrected chi connectivity index (χ4v) is 5.83. The van der Waals surface area contributed by atoms with Crippen molar-refractivity contribution in [2.45, 2.75) is 45.1 Å². The molecule has 5 N–H and O–H groups in total. The van der Waals surface area contributed by atoms with Gasteiger partial charge in [0.15, 0.2) is 0 Å². The summed E-state index contributed by atoms with van der Waals surface area (Å²) in [5.41, 5.74) is 6.39. The van der Waals surface area contributed by atoms with E-state index >= 15 is 0 Å². The number of amides is 3. The first-order chi connectivity index (χ1) is 20.5. The number of halogens is 2. The van der Waals surface area contributed by atoms with Gasteiger partial charge in [0, 0.05) is 34.3 Å². The van der Waals surface area contributed by atoms with Gasteiger partial charge >= 0.3 is 6.61 Å². The number of amidine groups is 1. The fraction of sp³-hybridized carbons (Fsp3) is 0.333. The molecule has 2 aromatic carbocycles. The number of nitrogens with one attached hydrogen (secondary N) is 3. The van der Waals surface area contributed by atoms with Crippen LogP contribution in [0.25, 0.3) is 0 Å². The van der Waals surface area contributed by atoms with E-state index in [4.69, 9.17) is 15.9 Å². The van der Waals surface area contributed by atoms with Gasteiger partial charge in [0.25, 0.3) is 5.91 Å². The maximum absolute atomic E-state index is 13.4. The van der Waals surface area contributed by atoms with Crippen molar-refractivity contribution in [3.05, 3.63) is 82.0 Å². The smallest absolute Gasteiger partial charge is 0.345 e. The number of para-hydroxylation sites is 1. The summed E-state index contributed by atoms with van der Waals surface area (Å²) in [7, 11) is 0. The summed E-state index contributed by atoms with van der Waals surface area (Å²) < 4.78 is 36.4. The number of thiophene rings is 1. The summed E-state index contributed by atoms with van der Waals surface area (Å²) >= 11 is 1.33. The first-order valence-corrected chi connectivity index (χ1v) is 14.5. The third kappa shape index (κ3) is 8.36. The number of carbonyl (C=O) groups is 3. The first-order valence-electron chi connectivity index (χ1n) is 13.6. The maximum atomic E-state index is 13.4. The third-order valence-corrected chi connectivity index (χ3v) is 7.89. The molecular formula is C30H33F2N5O5S. The van der Waals surface area contributed by atoms with Gasteiger partial charge in [-0.15, -0.1) is 11.3 Å². The highest BCUT2D eigenvalue weighted by Crippen LogP contribution is 2.30. The Bertz CT molecular complexity index is 1430. The molecule has 3 aromatic rings. The minimum absolute atomic E-state index is 0.0650. The molecule has 13 heteroatoms. The van der Waals surface area contributed by atoms with Crippen LogP contribution in [0.3, 0.4) is 0 Å². The monoisotopic (exact) mass is 613 g/mol. The summed E-state index contributed by atoms with van der Waals surface area (Å²) in [6.45, 7) is 0.0365. The molecule has 2 heterocycles. The molecule has 4 rings (SSSR count). The van der Waals surface area contributed by atoms with E-state index in [9.17, 15) is 23.2 Å². The minimum atomic E-state index is -3.07. The lowest BCUT2D eigenvalue weighted by Crippen LogP contribution is -2.50. The normalized spacial score (nSPS) is 17.1. The van der Waals surface area contributed by atoms with Crippen LogP contribution in [-0.2, 0) is 14.3 Å². The number of hydrogen-bond donors (Lipinski definition) is 4. The summed E-state index contributed by atoms with van der Waals surface area (Å²) in [5, 5.41) is 14.8. The number of carbonyl (C=O) groups excluding carboxylic acids is 3. The molecule has 1 aliphatic heterocycles. The van der Waals surface area contributed by atoms with E-state index < -0.39 is 49.1 Å². The van der Waals surface area contributed by atoms with Gasteiger partial charge < -0.3 is 30.7 Å². The van der Waals surface area contributed by atoms with Crippen LogP contribution in [0.2, 0.25) is 0 Å². The number of nitrogens with two attached hydrogens (primary N) is 1. The molecule has 1 unspecified atom stereocenters. The van der Waals surface area contributed by atoms with E-state index in [0.29, 0.717) is 17.1 Å². The van der Waals surface area contributed by atoms with Crippen LogP contribution in [0.1, 0.15) is 47.1 Å². The molecule has 1 saturated heterocycles. The number of likely N-dealkylation sites (tertiary alicyclic amines) is 1. The van der Waals surface area contributed by atoms with Gasteiger partial charge in [0.1, 0.15) is 23.4 Å². The summed E-state index contributed by atoms with van der Waals surface area (Å²) in [4.78, 5) is 41.3. The van der Waals surface area contributed by atoms with Gasteiger partial charge in [0.05, 0.1) is 18.7 Å². The Morgan fingerprint density at radius 3 is 2.35 bits per heavy atom. The zero-order chi connectivity index (χ0) is 31.1. The molecule has 0 aliphatic carbocycles. The van der Waals surface area contributed by atoms with Crippen LogP contribution in [-0.4, -0.2) is 60.3 Å². The highest BCUT2D eigenvalue weighted by molar-refractivity contribution is 7.10. The van der Waals surface area contributed by atoms with Gasteiger partial charge in [-0.3, -0.25) is 19.8 Å². The Hall–Kier alpha value is -4.36. The van der Waals surface area contributed by atoms with Crippen molar-refractivity contribution in [1.82, 2.24) is 15.5 Å². The van der Waals surface area contributed by atoms with Crippen LogP contribution >= 0.6 is 11.3 Å². The van der Waals surface area contributed by atoms with Crippen molar-refractivity contribution in [3.8, 4) is 11.5 Å². The van der Waals surface area contributed by atoms with Crippen LogP contribution in [0.5, 0.6) is 11.5 Å². The van der Waals surface area contributed by atoms with Crippen molar-refractivity contribution >= 4 is 34.9 Å². The first kappa shape index (κ1) is 31.6. The van der Waals surface area contributed by atoms with E-state index in [1.54, 1.807) is 47.8 Å². The van der Waals surface area contributed by atoms with Crippen molar-refractivity contribution < 1.29 is 32.6 Å². The molecule has 0 spiro atoms. The Balaban J connectivity index is 1.40. The molecule has 3 atom stereocenters. The second-order valence-electron chi connectivity index (χ2n) is 10.3. The predicted octanol–water partition coefficient (Wildman–Crippen LogP) is 4.28. The third-order valence-electron chi connectivity index (χ3n) is 6.88. The summed E-state index contributed by atoms with van der Waals surface area (Å²) in [6, 6.07) is 15.6. The second-order valence-corrected chi connectivity index (χ2v) is 11.3. The lowest BCUT2D eigenvalue weighted by molar-refractivity contribution is -0.160. The number of rotatable bonds is 12. The molecule has 3 amide bonds. The Morgan fingerprint density at radius 2 is 1.74 bits per heavy atom. The number of benzene rings is 2. The van der Waals surface area contributed by atoms with Crippen molar-refractivity contribution in [2.75, 3.05) is 13.1 Å². The Labute approximate surface area is 251 Å². The van der Waals surface area contributed by atoms with Gasteiger partial charge in [-0.25, -0.2) is 0 Å². The standard InChI is InChI=1S/C30H33F2N5O5S/c1-17(2)26(24-12-19(16-43-24)27(33)34)36-29(40)23-13-22(42-30(31)32)15-37(23)25(38)14-35-28(39)18-8-10-21(11-9-18)41-20-6-4-3-5-7-20/h3-12,16-17,22-23,26,30H,13-15H2,1-2H3,(H3,33,34)(H,35,39)(H,36,40)/t22-,23+,26?/m1/s1. The molecular weight excluding hydrogens is 580 g/mol. The van der Waals surface area contributed by atoms with Crippen LogP contribution in [0.15, 0.2) is 66.0 Å². The van der Waals surface area contributed by atoms with Crippen LogP contribution < -0.4 is 21.1 Å². The van der Waals surface area contributed by atoms with Crippen LogP contribution in [0, 0.1) is 11.3 Å². The van der Waals surface area contributed by atoms with E-state index in [-0.39, 0.29) is 30.3 Å². The number of ether oxygens (including phenoxy) is 2. The lowest BCUT2D eigenvalue weighted by Gasteiger charge is -2.27. The summed E-state index contributed by atoms with van der Waals surface area (Å²) in [5.74, 6) is -0.688. The van der Waals surface area contributed by atoms with E-state index in [0.717, 1.165) is 9.78 Å². The number of hydrogen-bond acceptors (Lipinski definition) is 7. The van der Waals surface area contributed by atoms with Gasteiger partial charge in [-0.2, -0.15) is 8.78 Å². The van der Waals surface area contributed by atoms with Gasteiger partial charge in [-0.1, -0.05) is 32.0 Å². The molecule has 1 aliphatic rings. The molecule has 228 valence electrons. The van der Waals surface area contributed by atoms with Crippen molar-refractivity contribution in [2.24, 2.45) is 11.7 Å². The largest absolute Gasteiger partial charge is 0.457 e. The molecule has 10 nitrogen and oxygen atoms in total. The number of nitrogen functional groups attached to an aromatic ring is 1. The summed E-state index contributed by atoms with van der Waals surface area (Å²) in [6.07, 6.45) is -1.19. The second kappa shape index (κ2) is 14.2. The molecule has 1 aromatic heterocycles. The molecule has 0 radical (unpaired) electrons. The molecule has 43 heavy (non-hydrogen) atoms. The zero-order valence-corrected chi connectivity index (χ0v) is 24.4. The Morgan fingerprint density at radius 1 is 1.07 bits per heavy atom. The van der Waals surface area contributed by atoms with Gasteiger partial charge in [-0.05, 0) is 48.4 Å². The molecule has 0 bridgehead atoms. The molecule has 0 saturated carbocycles. The van der Waals surface area contributed by atoms with Crippen molar-refractivity contribution in [3.63, 3.8) is 0 Å². The Kier molecular flexibility index (Phi) is 10.4. The number of nitrogens with zero attached hydrogens (tertiary/aromatic N) is 1. The zero-order valence-electron chi connectivity index (χ0n) is 23.6. The topological polar surface area (TPSA) is 147 Å². The van der Waals surface area contributed by atoms with Crippen LogP contribution in [0.4, 0.5) is 8.78 Å². The lowest BCUT2D eigenvalue weighted by atomic mass is 10.0. The average molecular weight is 614 g/mol. The van der Waals surface area contributed by atoms with E-state index in [2.05, 4.69) is 15.4 Å². The SMILES string of the molecule is CC(C)C(NC(=O)[C@@H]1C[C@@H](OC(F)F)CN1C(=O)CNC(=O)c1ccc(Oc2ccccc2)cc1)c1cc(C(=N)N)cs1. The number of alkyl halides is 2. The quantitative estimate of drug-likeness (QED) is 0.177. The molecule has 1 fully saturated rings. The van der Waals surface area contributed by atoms with E-state index in [1.807, 2.05) is 32.0 Å².